The third-order valence-corrected chi connectivity index (χ3v) is 4.55. The van der Waals surface area contributed by atoms with Crippen molar-refractivity contribution in [1.29, 1.82) is 0 Å². The van der Waals surface area contributed by atoms with Crippen LogP contribution < -0.4 is 15.6 Å². The maximum absolute atomic E-state index is 13.6. The number of hydrogen-bond donors (Lipinski definition) is 1. The zero-order valence-corrected chi connectivity index (χ0v) is 16.7. The van der Waals surface area contributed by atoms with Gasteiger partial charge in [0.2, 0.25) is 5.91 Å². The molecular formula is C22H22FN3O3. The van der Waals surface area contributed by atoms with Crippen LogP contribution in [-0.4, -0.2) is 22.8 Å². The van der Waals surface area contributed by atoms with Crippen molar-refractivity contribution < 1.29 is 13.9 Å². The monoisotopic (exact) mass is 395 g/mol. The number of aryl methyl sites for hydroxylation is 2. The van der Waals surface area contributed by atoms with Crippen molar-refractivity contribution in [2.24, 2.45) is 0 Å². The Labute approximate surface area is 168 Å². The molecule has 1 amide bonds. The number of nitrogens with zero attached hydrogens (tertiary/aromatic N) is 2. The average molecular weight is 395 g/mol. The first-order chi connectivity index (χ1) is 13.8. The van der Waals surface area contributed by atoms with Crippen molar-refractivity contribution in [3.05, 3.63) is 75.8 Å². The van der Waals surface area contributed by atoms with Gasteiger partial charge in [0.05, 0.1) is 12.8 Å². The van der Waals surface area contributed by atoms with E-state index < -0.39 is 23.3 Å². The fourth-order valence-corrected chi connectivity index (χ4v) is 3.06. The fourth-order valence-electron chi connectivity index (χ4n) is 3.06. The number of ether oxygens (including phenoxy) is 1. The first-order valence-corrected chi connectivity index (χ1v) is 9.11. The molecule has 1 atom stereocenters. The molecular weight excluding hydrogens is 373 g/mol. The molecule has 1 heterocycles. The first kappa shape index (κ1) is 20.3. The van der Waals surface area contributed by atoms with E-state index >= 15 is 0 Å². The van der Waals surface area contributed by atoms with Gasteiger partial charge in [-0.2, -0.15) is 5.10 Å². The Hall–Kier alpha value is -3.48. The van der Waals surface area contributed by atoms with Crippen molar-refractivity contribution in [3.63, 3.8) is 0 Å². The molecule has 6 nitrogen and oxygen atoms in total. The van der Waals surface area contributed by atoms with E-state index in [-0.39, 0.29) is 0 Å². The van der Waals surface area contributed by atoms with Gasteiger partial charge in [0.1, 0.15) is 17.6 Å². The fraction of sp³-hybridized carbons (Fsp3) is 0.227. The molecule has 0 radical (unpaired) electrons. The van der Waals surface area contributed by atoms with Crippen molar-refractivity contribution >= 4 is 11.6 Å². The summed E-state index contributed by atoms with van der Waals surface area (Å²) in [6, 6.07) is 12.1. The molecule has 0 saturated heterocycles. The zero-order chi connectivity index (χ0) is 21.1. The molecule has 2 aromatic carbocycles. The highest BCUT2D eigenvalue weighted by atomic mass is 19.1. The maximum atomic E-state index is 13.6. The van der Waals surface area contributed by atoms with E-state index in [9.17, 15) is 14.0 Å². The number of nitrogens with one attached hydrogen (secondary N) is 1. The van der Waals surface area contributed by atoms with Gasteiger partial charge >= 0.3 is 0 Å². The van der Waals surface area contributed by atoms with E-state index in [0.717, 1.165) is 10.2 Å². The lowest BCUT2D eigenvalue weighted by Gasteiger charge is -2.16. The topological polar surface area (TPSA) is 73.2 Å². The number of anilines is 1. The third kappa shape index (κ3) is 4.51. The Morgan fingerprint density at radius 1 is 1.17 bits per heavy atom. The first-order valence-electron chi connectivity index (χ1n) is 9.11. The predicted octanol–water partition coefficient (Wildman–Crippen LogP) is 3.87. The molecule has 0 aliphatic carbocycles. The second-order valence-corrected chi connectivity index (χ2v) is 6.87. The van der Waals surface area contributed by atoms with Crippen molar-refractivity contribution in [2.45, 2.75) is 26.8 Å². The lowest BCUT2D eigenvalue weighted by molar-refractivity contribution is -0.119. The van der Waals surface area contributed by atoms with Gasteiger partial charge in [0.15, 0.2) is 0 Å². The van der Waals surface area contributed by atoms with Crippen LogP contribution in [0.15, 0.2) is 53.3 Å². The highest BCUT2D eigenvalue weighted by Crippen LogP contribution is 2.24. The minimum absolute atomic E-state index is 0.326. The highest BCUT2D eigenvalue weighted by molar-refractivity contribution is 5.93. The van der Waals surface area contributed by atoms with Gasteiger partial charge in [-0.25, -0.2) is 9.07 Å². The average Bonchev–Trinajstić information content (AvgIpc) is 2.66. The quantitative estimate of drug-likeness (QED) is 0.712. The van der Waals surface area contributed by atoms with Crippen LogP contribution in [0.3, 0.4) is 0 Å². The van der Waals surface area contributed by atoms with E-state index in [4.69, 9.17) is 4.74 Å². The summed E-state index contributed by atoms with van der Waals surface area (Å²) in [6.45, 7) is 5.09. The summed E-state index contributed by atoms with van der Waals surface area (Å²) < 4.78 is 20.0. The van der Waals surface area contributed by atoms with Crippen LogP contribution in [0, 0.1) is 19.7 Å². The largest absolute Gasteiger partial charge is 0.497 e. The molecule has 1 unspecified atom stereocenters. The molecule has 150 valence electrons. The van der Waals surface area contributed by atoms with Crippen LogP contribution in [0.25, 0.3) is 11.3 Å². The molecule has 1 aromatic heterocycles. The zero-order valence-electron chi connectivity index (χ0n) is 16.7. The van der Waals surface area contributed by atoms with E-state index in [1.807, 2.05) is 24.3 Å². The molecule has 3 rings (SSSR count). The normalized spacial score (nSPS) is 11.8. The molecule has 0 bridgehead atoms. The van der Waals surface area contributed by atoms with Crippen LogP contribution in [0.1, 0.15) is 24.1 Å². The summed E-state index contributed by atoms with van der Waals surface area (Å²) in [6.07, 6.45) is 0. The molecule has 0 spiro atoms. The molecule has 0 saturated carbocycles. The summed E-state index contributed by atoms with van der Waals surface area (Å²) in [5.41, 5.74) is 2.64. The Balaban J connectivity index is 1.94. The van der Waals surface area contributed by atoms with E-state index in [1.165, 1.54) is 18.2 Å². The van der Waals surface area contributed by atoms with Crippen molar-refractivity contribution in [2.75, 3.05) is 12.4 Å². The Morgan fingerprint density at radius 3 is 2.62 bits per heavy atom. The van der Waals surface area contributed by atoms with Crippen LogP contribution in [0.5, 0.6) is 5.75 Å². The number of rotatable bonds is 5. The number of carbonyl (C=O) groups excluding carboxylic acids is 1. The number of hydrogen-bond acceptors (Lipinski definition) is 4. The Morgan fingerprint density at radius 2 is 1.93 bits per heavy atom. The standard InChI is InChI=1S/C22H22FN3O3/c1-13-8-17(23)12-18(9-13)24-22(28)15(3)26-20(27)10-14(2)21(25-26)16-6-5-7-19(11-16)29-4/h5-12,15H,1-4H3,(H,24,28). The third-order valence-electron chi connectivity index (χ3n) is 4.55. The summed E-state index contributed by atoms with van der Waals surface area (Å²) in [7, 11) is 1.57. The van der Waals surface area contributed by atoms with E-state index in [0.29, 0.717) is 28.3 Å². The van der Waals surface area contributed by atoms with Gasteiger partial charge in [0.25, 0.3) is 5.56 Å². The number of amides is 1. The highest BCUT2D eigenvalue weighted by Gasteiger charge is 2.20. The van der Waals surface area contributed by atoms with E-state index in [1.54, 1.807) is 33.9 Å². The Bertz CT molecular complexity index is 1100. The van der Waals surface area contributed by atoms with E-state index in [2.05, 4.69) is 10.4 Å². The number of halogens is 1. The van der Waals surface area contributed by atoms with Gasteiger partial charge in [-0.05, 0) is 62.2 Å². The van der Waals surface area contributed by atoms with Gasteiger partial charge < -0.3 is 10.1 Å². The summed E-state index contributed by atoms with van der Waals surface area (Å²) >= 11 is 0. The lowest BCUT2D eigenvalue weighted by atomic mass is 10.1. The minimum Gasteiger partial charge on any atom is -0.497 e. The van der Waals surface area contributed by atoms with Crippen LogP contribution in [0.4, 0.5) is 10.1 Å². The predicted molar refractivity (Wildman–Crippen MR) is 110 cm³/mol. The summed E-state index contributed by atoms with van der Waals surface area (Å²) in [5.74, 6) is -0.252. The van der Waals surface area contributed by atoms with Gasteiger partial charge in [-0.1, -0.05) is 12.1 Å². The second kappa shape index (κ2) is 8.26. The SMILES string of the molecule is COc1cccc(-c2nn(C(C)C(=O)Nc3cc(C)cc(F)c3)c(=O)cc2C)c1. The van der Waals surface area contributed by atoms with Crippen molar-refractivity contribution in [1.82, 2.24) is 9.78 Å². The maximum Gasteiger partial charge on any atom is 0.267 e. The lowest BCUT2D eigenvalue weighted by Crippen LogP contribution is -2.33. The number of benzene rings is 2. The van der Waals surface area contributed by atoms with Crippen molar-refractivity contribution in [3.8, 4) is 17.0 Å². The molecule has 29 heavy (non-hydrogen) atoms. The van der Waals surface area contributed by atoms with Crippen LogP contribution in [-0.2, 0) is 4.79 Å². The van der Waals surface area contributed by atoms with Gasteiger partial charge in [-0.3, -0.25) is 9.59 Å². The second-order valence-electron chi connectivity index (χ2n) is 6.87. The number of carbonyl (C=O) groups is 1. The number of methoxy groups -OCH3 is 1. The minimum atomic E-state index is -0.893. The summed E-state index contributed by atoms with van der Waals surface area (Å²) in [4.78, 5) is 25.2. The number of aromatic nitrogens is 2. The Kier molecular flexibility index (Phi) is 5.77. The molecule has 1 N–H and O–H groups in total. The molecule has 0 aliphatic rings. The smallest absolute Gasteiger partial charge is 0.267 e. The molecule has 3 aromatic rings. The van der Waals surface area contributed by atoms with Gasteiger partial charge in [0, 0.05) is 17.3 Å². The summed E-state index contributed by atoms with van der Waals surface area (Å²) in [5, 5.41) is 7.07. The molecule has 7 heteroatoms. The van der Waals surface area contributed by atoms with Crippen LogP contribution in [0.2, 0.25) is 0 Å². The molecule has 0 fully saturated rings. The van der Waals surface area contributed by atoms with Crippen LogP contribution >= 0.6 is 0 Å². The van der Waals surface area contributed by atoms with Gasteiger partial charge in [-0.15, -0.1) is 0 Å². The molecule has 0 aliphatic heterocycles.